The van der Waals surface area contributed by atoms with Crippen molar-refractivity contribution in [2.75, 3.05) is 6.54 Å². The van der Waals surface area contributed by atoms with Gasteiger partial charge >= 0.3 is 0 Å². The molecule has 1 saturated heterocycles. The average molecular weight is 260 g/mol. The second kappa shape index (κ2) is 3.38. The lowest BCUT2D eigenvalue weighted by Crippen LogP contribution is -2.42. The van der Waals surface area contributed by atoms with Crippen LogP contribution in [-0.2, 0) is 10.3 Å². The summed E-state index contributed by atoms with van der Waals surface area (Å²) < 4.78 is 20.4. The van der Waals surface area contributed by atoms with E-state index in [-0.39, 0.29) is 18.0 Å². The van der Waals surface area contributed by atoms with Gasteiger partial charge in [-0.25, -0.2) is 4.39 Å². The molecular weight excluding hydrogens is 243 g/mol. The molecule has 3 aliphatic rings. The topological polar surface area (TPSA) is 47.3 Å². The second-order valence-electron chi connectivity index (χ2n) is 5.99. The molecule has 0 amide bonds. The van der Waals surface area contributed by atoms with Crippen LogP contribution in [0.15, 0.2) is 29.5 Å². The van der Waals surface area contributed by atoms with E-state index in [1.807, 2.05) is 26.0 Å². The molecular formula is C15H17FN2O. The van der Waals surface area contributed by atoms with Gasteiger partial charge in [-0.3, -0.25) is 5.32 Å². The minimum Gasteiger partial charge on any atom is -0.401 e. The molecule has 0 radical (unpaired) electrons. The summed E-state index contributed by atoms with van der Waals surface area (Å²) in [4.78, 5) is 0. The fourth-order valence-corrected chi connectivity index (χ4v) is 3.82. The summed E-state index contributed by atoms with van der Waals surface area (Å²) in [6.07, 6.45) is -0.0157. The van der Waals surface area contributed by atoms with Gasteiger partial charge in [0.1, 0.15) is 17.6 Å². The number of halogens is 1. The summed E-state index contributed by atoms with van der Waals surface area (Å²) in [5.41, 5.74) is 9.19. The molecule has 1 aromatic carbocycles. The number of hydrogen-bond donors (Lipinski definition) is 2. The van der Waals surface area contributed by atoms with E-state index in [1.165, 1.54) is 5.57 Å². The number of nitrogens with one attached hydrogen (secondary N) is 1. The highest BCUT2D eigenvalue weighted by Gasteiger charge is 2.69. The highest BCUT2D eigenvalue weighted by atomic mass is 19.1. The molecule has 4 atom stereocenters. The van der Waals surface area contributed by atoms with E-state index in [9.17, 15) is 4.39 Å². The molecule has 4 rings (SSSR count). The molecule has 3 nitrogen and oxygen atoms in total. The highest BCUT2D eigenvalue weighted by Crippen LogP contribution is 2.66. The van der Waals surface area contributed by atoms with Gasteiger partial charge in [-0.05, 0) is 31.1 Å². The number of fused-ring (bicyclic) bond motifs is 1. The van der Waals surface area contributed by atoms with Crippen LogP contribution in [0.4, 0.5) is 4.39 Å². The third-order valence-electron chi connectivity index (χ3n) is 4.76. The molecule has 2 fully saturated rings. The van der Waals surface area contributed by atoms with Crippen LogP contribution < -0.4 is 11.1 Å². The molecule has 100 valence electrons. The maximum atomic E-state index is 14.3. The maximum absolute atomic E-state index is 14.3. The van der Waals surface area contributed by atoms with Crippen LogP contribution in [0.1, 0.15) is 18.1 Å². The molecule has 1 aromatic rings. The van der Waals surface area contributed by atoms with Gasteiger partial charge in [-0.15, -0.1) is 0 Å². The van der Waals surface area contributed by atoms with Crippen molar-refractivity contribution < 1.29 is 9.13 Å². The van der Waals surface area contributed by atoms with Crippen molar-refractivity contribution in [3.63, 3.8) is 0 Å². The molecule has 4 unspecified atom stereocenters. The Kier molecular flexibility index (Phi) is 2.03. The van der Waals surface area contributed by atoms with E-state index in [0.29, 0.717) is 18.0 Å². The first-order valence-corrected chi connectivity index (χ1v) is 6.68. The molecule has 3 N–H and O–H groups in total. The van der Waals surface area contributed by atoms with Gasteiger partial charge in [0, 0.05) is 29.6 Å². The largest absolute Gasteiger partial charge is 0.401 e. The van der Waals surface area contributed by atoms with Gasteiger partial charge in [0.15, 0.2) is 0 Å². The van der Waals surface area contributed by atoms with Crippen molar-refractivity contribution in [1.82, 2.24) is 5.32 Å². The standard InChI is InChI=1S/C15H17FN2O/c1-7-3-4-8(9(16)5-7)15(2)13-11-10(17)6-18-14(19-15)12(11)13/h3-5,12-14,18H,6,17H2,1-2H3. The number of benzene rings is 1. The average Bonchev–Trinajstić information content (AvgIpc) is 3.03. The molecule has 1 saturated carbocycles. The Morgan fingerprint density at radius 2 is 2.26 bits per heavy atom. The van der Waals surface area contributed by atoms with Crippen LogP contribution in [0.2, 0.25) is 0 Å². The molecule has 1 aliphatic carbocycles. The van der Waals surface area contributed by atoms with E-state index < -0.39 is 5.60 Å². The van der Waals surface area contributed by atoms with Crippen molar-refractivity contribution >= 4 is 0 Å². The lowest BCUT2D eigenvalue weighted by molar-refractivity contribution is -0.0711. The van der Waals surface area contributed by atoms with Crippen molar-refractivity contribution in [3.8, 4) is 0 Å². The quantitative estimate of drug-likeness (QED) is 0.809. The van der Waals surface area contributed by atoms with Gasteiger partial charge in [-0.1, -0.05) is 12.1 Å². The van der Waals surface area contributed by atoms with Crippen LogP contribution in [0.5, 0.6) is 0 Å². The van der Waals surface area contributed by atoms with Crippen LogP contribution in [0.25, 0.3) is 0 Å². The number of hydrogen-bond acceptors (Lipinski definition) is 3. The fourth-order valence-electron chi connectivity index (χ4n) is 3.82. The second-order valence-corrected chi connectivity index (χ2v) is 5.99. The third-order valence-corrected chi connectivity index (χ3v) is 4.76. The summed E-state index contributed by atoms with van der Waals surface area (Å²) >= 11 is 0. The smallest absolute Gasteiger partial charge is 0.129 e. The van der Waals surface area contributed by atoms with E-state index in [4.69, 9.17) is 10.5 Å². The number of aryl methyl sites for hydroxylation is 1. The first kappa shape index (κ1) is 11.4. The Bertz CT molecular complexity index is 612. The molecule has 2 heterocycles. The lowest BCUT2D eigenvalue weighted by Gasteiger charge is -2.32. The Hall–Kier alpha value is -1.39. The van der Waals surface area contributed by atoms with E-state index >= 15 is 0 Å². The Morgan fingerprint density at radius 1 is 1.47 bits per heavy atom. The monoisotopic (exact) mass is 260 g/mol. The fraction of sp³-hybridized carbons (Fsp3) is 0.467. The summed E-state index contributed by atoms with van der Waals surface area (Å²) in [6.45, 7) is 4.55. The minimum absolute atomic E-state index is 0.0157. The number of nitrogens with two attached hydrogens (primary N) is 1. The predicted molar refractivity (Wildman–Crippen MR) is 69.6 cm³/mol. The molecule has 4 heteroatoms. The lowest BCUT2D eigenvalue weighted by atomic mass is 9.89. The predicted octanol–water partition coefficient (Wildman–Crippen LogP) is 1.77. The minimum atomic E-state index is -0.597. The number of ether oxygens (including phenoxy) is 1. The van der Waals surface area contributed by atoms with Crippen LogP contribution in [0.3, 0.4) is 0 Å². The Labute approximate surface area is 111 Å². The SMILES string of the molecule is Cc1ccc(C2(C)OC3NCC(N)=C4C3C42)c(F)c1. The molecule has 0 aromatic heterocycles. The molecule has 19 heavy (non-hydrogen) atoms. The van der Waals surface area contributed by atoms with Crippen molar-refractivity contribution in [2.45, 2.75) is 25.7 Å². The zero-order valence-electron chi connectivity index (χ0n) is 11.0. The highest BCUT2D eigenvalue weighted by molar-refractivity contribution is 5.47. The number of rotatable bonds is 1. The van der Waals surface area contributed by atoms with Crippen molar-refractivity contribution in [2.24, 2.45) is 17.6 Å². The van der Waals surface area contributed by atoms with Crippen LogP contribution in [0, 0.1) is 24.6 Å². The van der Waals surface area contributed by atoms with Crippen LogP contribution >= 0.6 is 0 Å². The first-order chi connectivity index (χ1) is 9.02. The zero-order chi connectivity index (χ0) is 13.4. The summed E-state index contributed by atoms with van der Waals surface area (Å²) in [7, 11) is 0. The van der Waals surface area contributed by atoms with Gasteiger partial charge in [0.25, 0.3) is 0 Å². The maximum Gasteiger partial charge on any atom is 0.129 e. The van der Waals surface area contributed by atoms with Gasteiger partial charge < -0.3 is 10.5 Å². The van der Waals surface area contributed by atoms with Gasteiger partial charge in [0.2, 0.25) is 0 Å². The van der Waals surface area contributed by atoms with E-state index in [1.54, 1.807) is 6.07 Å². The molecule has 0 bridgehead atoms. The van der Waals surface area contributed by atoms with Gasteiger partial charge in [0.05, 0.1) is 0 Å². The van der Waals surface area contributed by atoms with Crippen molar-refractivity contribution in [1.29, 1.82) is 0 Å². The Balaban J connectivity index is 1.82. The van der Waals surface area contributed by atoms with Crippen LogP contribution in [-0.4, -0.2) is 12.8 Å². The molecule has 0 spiro atoms. The van der Waals surface area contributed by atoms with Gasteiger partial charge in [-0.2, -0.15) is 0 Å². The van der Waals surface area contributed by atoms with E-state index in [2.05, 4.69) is 5.32 Å². The summed E-state index contributed by atoms with van der Waals surface area (Å²) in [5, 5.41) is 3.28. The zero-order valence-corrected chi connectivity index (χ0v) is 11.0. The summed E-state index contributed by atoms with van der Waals surface area (Å²) in [6, 6.07) is 5.35. The third kappa shape index (κ3) is 1.33. The molecule has 2 aliphatic heterocycles. The normalized spacial score (nSPS) is 39.4. The van der Waals surface area contributed by atoms with E-state index in [0.717, 1.165) is 11.3 Å². The first-order valence-electron chi connectivity index (χ1n) is 6.68. The summed E-state index contributed by atoms with van der Waals surface area (Å²) in [5.74, 6) is 0.372. The van der Waals surface area contributed by atoms with Crippen molar-refractivity contribution in [3.05, 3.63) is 46.4 Å². The Morgan fingerprint density at radius 3 is 2.95 bits per heavy atom.